The highest BCUT2D eigenvalue weighted by molar-refractivity contribution is 4.86. The molecule has 1 saturated heterocycles. The van der Waals surface area contributed by atoms with Gasteiger partial charge in [0.2, 0.25) is 0 Å². The van der Waals surface area contributed by atoms with Gasteiger partial charge in [-0.2, -0.15) is 0 Å². The van der Waals surface area contributed by atoms with Crippen LogP contribution in [-0.4, -0.2) is 48.3 Å². The van der Waals surface area contributed by atoms with Crippen LogP contribution in [0.2, 0.25) is 0 Å². The highest BCUT2D eigenvalue weighted by atomic mass is 16.3. The molecule has 0 aromatic heterocycles. The molecule has 1 aliphatic heterocycles. The highest BCUT2D eigenvalue weighted by Gasteiger charge is 2.28. The Bertz CT molecular complexity index is 198. The molecule has 1 heterocycles. The third kappa shape index (κ3) is 4.04. The Morgan fingerprint density at radius 2 is 2.12 bits per heavy atom. The Morgan fingerprint density at radius 3 is 2.75 bits per heavy atom. The Morgan fingerprint density at radius 1 is 1.44 bits per heavy atom. The average molecular weight is 228 g/mol. The normalized spacial score (nSPS) is 33.9. The lowest BCUT2D eigenvalue weighted by molar-refractivity contribution is 0.114. The summed E-state index contributed by atoms with van der Waals surface area (Å²) in [6.07, 6.45) is 2.83. The molecular formula is C13H28N2O. The summed E-state index contributed by atoms with van der Waals surface area (Å²) < 4.78 is 0. The monoisotopic (exact) mass is 228 g/mol. The smallest absolute Gasteiger partial charge is 0.0549 e. The highest BCUT2D eigenvalue weighted by Crippen LogP contribution is 2.20. The molecule has 16 heavy (non-hydrogen) atoms. The summed E-state index contributed by atoms with van der Waals surface area (Å²) in [4.78, 5) is 2.43. The van der Waals surface area contributed by atoms with E-state index in [9.17, 15) is 5.11 Å². The first-order valence-corrected chi connectivity index (χ1v) is 6.66. The van der Waals surface area contributed by atoms with E-state index in [0.717, 1.165) is 19.4 Å². The zero-order valence-electron chi connectivity index (χ0n) is 11.2. The van der Waals surface area contributed by atoms with Crippen molar-refractivity contribution in [3.05, 3.63) is 0 Å². The van der Waals surface area contributed by atoms with Gasteiger partial charge in [-0.25, -0.2) is 0 Å². The summed E-state index contributed by atoms with van der Waals surface area (Å²) in [5.41, 5.74) is 0. The maximum absolute atomic E-state index is 9.50. The van der Waals surface area contributed by atoms with Crippen LogP contribution >= 0.6 is 0 Å². The number of hydrogen-bond donors (Lipinski definition) is 2. The largest absolute Gasteiger partial charge is 0.393 e. The van der Waals surface area contributed by atoms with Crippen LogP contribution in [0.1, 0.15) is 40.0 Å². The molecule has 0 aromatic carbocycles. The molecule has 0 spiro atoms. The lowest BCUT2D eigenvalue weighted by atomic mass is 9.90. The molecule has 4 unspecified atom stereocenters. The van der Waals surface area contributed by atoms with Gasteiger partial charge in [-0.15, -0.1) is 0 Å². The summed E-state index contributed by atoms with van der Waals surface area (Å²) in [6, 6.07) is 1.29. The second kappa shape index (κ2) is 6.58. The second-order valence-corrected chi connectivity index (χ2v) is 5.41. The molecule has 3 nitrogen and oxygen atoms in total. The van der Waals surface area contributed by atoms with Gasteiger partial charge in [-0.3, -0.25) is 0 Å². The van der Waals surface area contributed by atoms with Crippen LogP contribution in [0.5, 0.6) is 0 Å². The molecule has 0 aliphatic carbocycles. The van der Waals surface area contributed by atoms with E-state index >= 15 is 0 Å². The van der Waals surface area contributed by atoms with Crippen LogP contribution in [0.4, 0.5) is 0 Å². The molecule has 1 rings (SSSR count). The molecule has 0 saturated carbocycles. The summed E-state index contributed by atoms with van der Waals surface area (Å²) in [7, 11) is 2.21. The van der Waals surface area contributed by atoms with E-state index in [4.69, 9.17) is 0 Å². The predicted molar refractivity (Wildman–Crippen MR) is 68.6 cm³/mol. The third-order valence-electron chi connectivity index (χ3n) is 3.97. The van der Waals surface area contributed by atoms with E-state index < -0.39 is 0 Å². The lowest BCUT2D eigenvalue weighted by Gasteiger charge is -2.40. The standard InChI is InChI=1S/C13H28N2O/c1-5-12(16)6-7-14-13-8-11(3)15(4)9-10(13)2/h10-14,16H,5-9H2,1-4H3. The summed E-state index contributed by atoms with van der Waals surface area (Å²) in [6.45, 7) is 8.76. The van der Waals surface area contributed by atoms with E-state index in [-0.39, 0.29) is 6.10 Å². The number of aliphatic hydroxyl groups excluding tert-OH is 1. The molecule has 0 amide bonds. The molecule has 0 bridgehead atoms. The fourth-order valence-corrected chi connectivity index (χ4v) is 2.47. The quantitative estimate of drug-likeness (QED) is 0.748. The molecule has 3 heteroatoms. The van der Waals surface area contributed by atoms with Crippen LogP contribution in [0.3, 0.4) is 0 Å². The summed E-state index contributed by atoms with van der Waals surface area (Å²) in [5, 5.41) is 13.1. The van der Waals surface area contributed by atoms with Gasteiger partial charge >= 0.3 is 0 Å². The van der Waals surface area contributed by atoms with Gasteiger partial charge in [0.25, 0.3) is 0 Å². The van der Waals surface area contributed by atoms with Gasteiger partial charge < -0.3 is 15.3 Å². The molecule has 1 fully saturated rings. The van der Waals surface area contributed by atoms with Crippen molar-refractivity contribution in [3.8, 4) is 0 Å². The maximum Gasteiger partial charge on any atom is 0.0549 e. The Balaban J connectivity index is 2.25. The first kappa shape index (κ1) is 13.9. The SMILES string of the molecule is CCC(O)CCNC1CC(C)N(C)CC1C. The van der Waals surface area contributed by atoms with Gasteiger partial charge in [0.05, 0.1) is 6.10 Å². The van der Waals surface area contributed by atoms with E-state index in [0.29, 0.717) is 18.0 Å². The fraction of sp³-hybridized carbons (Fsp3) is 1.00. The number of likely N-dealkylation sites (tertiary alicyclic amines) is 1. The van der Waals surface area contributed by atoms with Gasteiger partial charge in [-0.05, 0) is 45.7 Å². The van der Waals surface area contributed by atoms with Gasteiger partial charge in [-0.1, -0.05) is 13.8 Å². The van der Waals surface area contributed by atoms with Gasteiger partial charge in [0, 0.05) is 18.6 Å². The molecule has 4 atom stereocenters. The van der Waals surface area contributed by atoms with E-state index in [1.807, 2.05) is 6.92 Å². The molecule has 0 aromatic rings. The van der Waals surface area contributed by atoms with Crippen molar-refractivity contribution < 1.29 is 5.11 Å². The third-order valence-corrected chi connectivity index (χ3v) is 3.97. The van der Waals surface area contributed by atoms with Crippen molar-refractivity contribution in [3.63, 3.8) is 0 Å². The van der Waals surface area contributed by atoms with Crippen molar-refractivity contribution in [2.24, 2.45) is 5.92 Å². The second-order valence-electron chi connectivity index (χ2n) is 5.41. The van der Waals surface area contributed by atoms with Crippen LogP contribution < -0.4 is 5.32 Å². The molecule has 1 aliphatic rings. The fourth-order valence-electron chi connectivity index (χ4n) is 2.47. The molecule has 2 N–H and O–H groups in total. The number of nitrogens with zero attached hydrogens (tertiary/aromatic N) is 1. The minimum Gasteiger partial charge on any atom is -0.393 e. The Labute approximate surface area is 100 Å². The van der Waals surface area contributed by atoms with Gasteiger partial charge in [0.15, 0.2) is 0 Å². The summed E-state index contributed by atoms with van der Waals surface area (Å²) >= 11 is 0. The van der Waals surface area contributed by atoms with Crippen LogP contribution in [0, 0.1) is 5.92 Å². The number of rotatable bonds is 5. The molecule has 96 valence electrons. The lowest BCUT2D eigenvalue weighted by Crippen LogP contribution is -2.51. The van der Waals surface area contributed by atoms with Crippen molar-refractivity contribution in [1.29, 1.82) is 0 Å². The zero-order chi connectivity index (χ0) is 12.1. The van der Waals surface area contributed by atoms with Crippen LogP contribution in [-0.2, 0) is 0 Å². The maximum atomic E-state index is 9.50. The van der Waals surface area contributed by atoms with Crippen molar-refractivity contribution >= 4 is 0 Å². The van der Waals surface area contributed by atoms with E-state index in [2.05, 4.69) is 31.1 Å². The van der Waals surface area contributed by atoms with Crippen LogP contribution in [0.15, 0.2) is 0 Å². The molecular weight excluding hydrogens is 200 g/mol. The average Bonchev–Trinajstić information content (AvgIpc) is 2.25. The Kier molecular flexibility index (Phi) is 5.73. The number of hydrogen-bond acceptors (Lipinski definition) is 3. The minimum atomic E-state index is -0.133. The zero-order valence-corrected chi connectivity index (χ0v) is 11.2. The number of aliphatic hydroxyl groups is 1. The molecule has 0 radical (unpaired) electrons. The van der Waals surface area contributed by atoms with Crippen LogP contribution in [0.25, 0.3) is 0 Å². The summed E-state index contributed by atoms with van der Waals surface area (Å²) in [5.74, 6) is 0.708. The Hall–Kier alpha value is -0.120. The first-order chi connectivity index (χ1) is 7.54. The topological polar surface area (TPSA) is 35.5 Å². The predicted octanol–water partition coefficient (Wildman–Crippen LogP) is 1.47. The van der Waals surface area contributed by atoms with E-state index in [1.54, 1.807) is 0 Å². The van der Waals surface area contributed by atoms with Crippen molar-refractivity contribution in [2.45, 2.75) is 58.2 Å². The van der Waals surface area contributed by atoms with Gasteiger partial charge in [0.1, 0.15) is 0 Å². The van der Waals surface area contributed by atoms with Crippen molar-refractivity contribution in [1.82, 2.24) is 10.2 Å². The first-order valence-electron chi connectivity index (χ1n) is 6.66. The number of nitrogens with one attached hydrogen (secondary N) is 1. The van der Waals surface area contributed by atoms with Crippen molar-refractivity contribution in [2.75, 3.05) is 20.1 Å². The minimum absolute atomic E-state index is 0.133. The van der Waals surface area contributed by atoms with E-state index in [1.165, 1.54) is 13.0 Å². The number of piperidine rings is 1.